The lowest BCUT2D eigenvalue weighted by atomic mass is 9.85. The van der Waals surface area contributed by atoms with E-state index in [0.29, 0.717) is 18.4 Å². The first kappa shape index (κ1) is 17.3. The summed E-state index contributed by atoms with van der Waals surface area (Å²) in [6.45, 7) is 5.57. The number of rotatable bonds is 2. The van der Waals surface area contributed by atoms with Crippen LogP contribution >= 0.6 is 0 Å². The highest BCUT2D eigenvalue weighted by molar-refractivity contribution is 5.97. The second-order valence-corrected chi connectivity index (χ2v) is 7.71. The molecule has 3 heterocycles. The van der Waals surface area contributed by atoms with Gasteiger partial charge >= 0.3 is 6.09 Å². The van der Waals surface area contributed by atoms with Crippen molar-refractivity contribution in [2.75, 3.05) is 0 Å². The Hall–Kier alpha value is -2.49. The second-order valence-electron chi connectivity index (χ2n) is 7.71. The van der Waals surface area contributed by atoms with E-state index in [1.54, 1.807) is 0 Å². The molecule has 0 spiro atoms. The van der Waals surface area contributed by atoms with Gasteiger partial charge in [0.05, 0.1) is 5.56 Å². The van der Waals surface area contributed by atoms with Crippen molar-refractivity contribution in [1.29, 1.82) is 5.26 Å². The van der Waals surface area contributed by atoms with Crippen LogP contribution in [0.25, 0.3) is 0 Å². The Balaban J connectivity index is 1.70. The van der Waals surface area contributed by atoms with Gasteiger partial charge in [0.25, 0.3) is 0 Å². The third kappa shape index (κ3) is 3.63. The third-order valence-electron chi connectivity index (χ3n) is 4.74. The molecular weight excluding hydrogens is 320 g/mol. The van der Waals surface area contributed by atoms with Crippen molar-refractivity contribution < 1.29 is 14.3 Å². The molecule has 2 bridgehead atoms. The Bertz CT molecular complexity index is 703. The van der Waals surface area contributed by atoms with E-state index >= 15 is 0 Å². The van der Waals surface area contributed by atoms with Crippen molar-refractivity contribution in [2.45, 2.75) is 64.1 Å². The molecule has 1 amide bonds. The van der Waals surface area contributed by atoms with E-state index in [0.717, 1.165) is 12.8 Å². The van der Waals surface area contributed by atoms with Crippen molar-refractivity contribution in [3.63, 3.8) is 0 Å². The Morgan fingerprint density at radius 3 is 2.24 bits per heavy atom. The number of carbonyl (C=O) groups excluding carboxylic acids is 2. The molecule has 2 unspecified atom stereocenters. The number of hydrogen-bond donors (Lipinski definition) is 0. The fourth-order valence-corrected chi connectivity index (χ4v) is 3.75. The Morgan fingerprint density at radius 1 is 1.20 bits per heavy atom. The minimum Gasteiger partial charge on any atom is -0.444 e. The number of amides is 1. The van der Waals surface area contributed by atoms with Crippen molar-refractivity contribution in [1.82, 2.24) is 14.9 Å². The summed E-state index contributed by atoms with van der Waals surface area (Å²) in [5.41, 5.74) is -0.0997. The number of nitrogens with zero attached hydrogens (tertiary/aromatic N) is 4. The summed E-state index contributed by atoms with van der Waals surface area (Å²) in [7, 11) is 0. The molecule has 7 heteroatoms. The molecule has 0 aliphatic carbocycles. The summed E-state index contributed by atoms with van der Waals surface area (Å²) in [6, 6.07) is 1.93. The molecule has 7 nitrogen and oxygen atoms in total. The standard InChI is InChI=1S/C18H22N4O3/c1-18(2,3)25-17(24)22-13-4-5-14(22)7-11(6-13)16(23)12-9-20-15(8-19)21-10-12/h9-11,13-14H,4-7H2,1-3H3. The molecule has 2 atom stereocenters. The Labute approximate surface area is 147 Å². The molecule has 0 radical (unpaired) electrons. The zero-order valence-corrected chi connectivity index (χ0v) is 14.7. The lowest BCUT2D eigenvalue weighted by molar-refractivity contribution is 0.00253. The summed E-state index contributed by atoms with van der Waals surface area (Å²) in [5.74, 6) is -0.102. The molecule has 1 aromatic heterocycles. The van der Waals surface area contributed by atoms with Gasteiger partial charge in [0.1, 0.15) is 11.7 Å². The van der Waals surface area contributed by atoms with E-state index in [2.05, 4.69) is 9.97 Å². The topological polar surface area (TPSA) is 96.2 Å². The monoisotopic (exact) mass is 342 g/mol. The number of ether oxygens (including phenoxy) is 1. The maximum absolute atomic E-state index is 12.7. The predicted molar refractivity (Wildman–Crippen MR) is 88.7 cm³/mol. The molecule has 0 N–H and O–H groups in total. The summed E-state index contributed by atoms with van der Waals surface area (Å²) >= 11 is 0. The molecule has 2 aliphatic rings. The first-order chi connectivity index (χ1) is 11.8. The van der Waals surface area contributed by atoms with Crippen LogP contribution in [0.15, 0.2) is 12.4 Å². The van der Waals surface area contributed by atoms with Crippen molar-refractivity contribution in [3.8, 4) is 6.07 Å². The number of ketones is 1. The number of nitriles is 1. The second kappa shape index (κ2) is 6.43. The van der Waals surface area contributed by atoms with Gasteiger partial charge in [-0.1, -0.05) is 0 Å². The zero-order chi connectivity index (χ0) is 18.2. The van der Waals surface area contributed by atoms with Crippen LogP contribution in [0.2, 0.25) is 0 Å². The fourth-order valence-electron chi connectivity index (χ4n) is 3.75. The van der Waals surface area contributed by atoms with Gasteiger partial charge in [0.15, 0.2) is 5.78 Å². The molecule has 2 fully saturated rings. The van der Waals surface area contributed by atoms with E-state index in [-0.39, 0.29) is 35.7 Å². The first-order valence-corrected chi connectivity index (χ1v) is 8.56. The van der Waals surface area contributed by atoms with Crippen LogP contribution in [0.5, 0.6) is 0 Å². The molecule has 0 saturated carbocycles. The van der Waals surface area contributed by atoms with E-state index in [9.17, 15) is 9.59 Å². The van der Waals surface area contributed by atoms with Crippen molar-refractivity contribution >= 4 is 11.9 Å². The van der Waals surface area contributed by atoms with E-state index in [1.165, 1.54) is 12.4 Å². The van der Waals surface area contributed by atoms with Gasteiger partial charge in [-0.15, -0.1) is 0 Å². The van der Waals surface area contributed by atoms with E-state index in [1.807, 2.05) is 31.7 Å². The quantitative estimate of drug-likeness (QED) is 0.767. The predicted octanol–water partition coefficient (Wildman–Crippen LogP) is 2.71. The van der Waals surface area contributed by atoms with Crippen LogP contribution in [0.4, 0.5) is 4.79 Å². The number of fused-ring (bicyclic) bond motifs is 2. The SMILES string of the molecule is CC(C)(C)OC(=O)N1C2CCC1CC(C(=O)c1cnc(C#N)nc1)C2. The summed E-state index contributed by atoms with van der Waals surface area (Å²) in [4.78, 5) is 34.8. The average Bonchev–Trinajstić information content (AvgIpc) is 2.83. The lowest BCUT2D eigenvalue weighted by Crippen LogP contribution is -2.49. The number of hydrogen-bond acceptors (Lipinski definition) is 6. The smallest absolute Gasteiger partial charge is 0.410 e. The van der Waals surface area contributed by atoms with Crippen LogP contribution in [0, 0.1) is 17.2 Å². The maximum atomic E-state index is 12.7. The van der Waals surface area contributed by atoms with Crippen LogP contribution in [-0.4, -0.2) is 44.4 Å². The summed E-state index contributed by atoms with van der Waals surface area (Å²) < 4.78 is 5.52. The molecule has 3 rings (SSSR count). The molecule has 25 heavy (non-hydrogen) atoms. The van der Waals surface area contributed by atoms with Crippen LogP contribution in [0.1, 0.15) is 62.6 Å². The molecule has 1 aromatic rings. The highest BCUT2D eigenvalue weighted by Crippen LogP contribution is 2.40. The Morgan fingerprint density at radius 2 is 1.76 bits per heavy atom. The molecule has 0 aromatic carbocycles. The number of piperidine rings is 1. The summed E-state index contributed by atoms with van der Waals surface area (Å²) in [5, 5.41) is 8.75. The van der Waals surface area contributed by atoms with Gasteiger partial charge in [-0.25, -0.2) is 14.8 Å². The minimum atomic E-state index is -0.525. The van der Waals surface area contributed by atoms with Gasteiger partial charge in [0, 0.05) is 30.4 Å². The van der Waals surface area contributed by atoms with Gasteiger partial charge in [-0.2, -0.15) is 5.26 Å². The molecule has 132 valence electrons. The number of carbonyl (C=O) groups is 2. The number of Topliss-reactive ketones (excluding diaryl/α,β-unsaturated/α-hetero) is 1. The van der Waals surface area contributed by atoms with Crippen LogP contribution in [0.3, 0.4) is 0 Å². The fraction of sp³-hybridized carbons (Fsp3) is 0.611. The van der Waals surface area contributed by atoms with E-state index < -0.39 is 5.60 Å². The highest BCUT2D eigenvalue weighted by Gasteiger charge is 2.46. The summed E-state index contributed by atoms with van der Waals surface area (Å²) in [6.07, 6.45) is 5.61. The van der Waals surface area contributed by atoms with Gasteiger partial charge in [-0.05, 0) is 46.5 Å². The van der Waals surface area contributed by atoms with Gasteiger partial charge in [-0.3, -0.25) is 4.79 Å². The average molecular weight is 342 g/mol. The first-order valence-electron chi connectivity index (χ1n) is 8.56. The maximum Gasteiger partial charge on any atom is 0.410 e. The van der Waals surface area contributed by atoms with Crippen molar-refractivity contribution in [2.24, 2.45) is 5.92 Å². The van der Waals surface area contributed by atoms with Crippen LogP contribution < -0.4 is 0 Å². The third-order valence-corrected chi connectivity index (χ3v) is 4.74. The largest absolute Gasteiger partial charge is 0.444 e. The van der Waals surface area contributed by atoms with E-state index in [4.69, 9.17) is 10.00 Å². The van der Waals surface area contributed by atoms with Crippen molar-refractivity contribution in [3.05, 3.63) is 23.8 Å². The molecular formula is C18H22N4O3. The van der Waals surface area contributed by atoms with Gasteiger partial charge in [0.2, 0.25) is 5.82 Å². The molecule has 2 aliphatic heterocycles. The van der Waals surface area contributed by atoms with Gasteiger partial charge < -0.3 is 9.64 Å². The lowest BCUT2D eigenvalue weighted by Gasteiger charge is -2.39. The minimum absolute atomic E-state index is 0.00905. The normalized spacial score (nSPS) is 25.4. The Kier molecular flexibility index (Phi) is 4.46. The zero-order valence-electron chi connectivity index (χ0n) is 14.7. The number of aromatic nitrogens is 2. The highest BCUT2D eigenvalue weighted by atomic mass is 16.6. The molecule has 2 saturated heterocycles. The van der Waals surface area contributed by atoms with Crippen LogP contribution in [-0.2, 0) is 4.74 Å².